The number of carbonyl (C=O) groups excluding carboxylic acids is 1. The van der Waals surface area contributed by atoms with Crippen molar-refractivity contribution in [3.05, 3.63) is 44.8 Å². The van der Waals surface area contributed by atoms with Gasteiger partial charge in [0.15, 0.2) is 0 Å². The van der Waals surface area contributed by atoms with Gasteiger partial charge in [-0.3, -0.25) is 4.79 Å². The monoisotopic (exact) mass is 292 g/mol. The highest BCUT2D eigenvalue weighted by Crippen LogP contribution is 2.35. The van der Waals surface area contributed by atoms with Gasteiger partial charge in [0, 0.05) is 11.4 Å². The molecule has 19 heavy (non-hydrogen) atoms. The van der Waals surface area contributed by atoms with Gasteiger partial charge in [-0.25, -0.2) is 0 Å². The van der Waals surface area contributed by atoms with E-state index in [1.165, 1.54) is 5.56 Å². The predicted molar refractivity (Wildman–Crippen MR) is 79.3 cm³/mol. The fourth-order valence-electron chi connectivity index (χ4n) is 2.61. The lowest BCUT2D eigenvalue weighted by atomic mass is 10.1. The van der Waals surface area contributed by atoms with Crippen LogP contribution in [0.4, 0.5) is 0 Å². The third-order valence-corrected chi connectivity index (χ3v) is 5.24. The number of hydrogen-bond donors (Lipinski definition) is 1. The summed E-state index contributed by atoms with van der Waals surface area (Å²) in [5.41, 5.74) is 7.34. The van der Waals surface area contributed by atoms with Gasteiger partial charge in [-0.05, 0) is 46.7 Å². The molecule has 1 aliphatic heterocycles. The van der Waals surface area contributed by atoms with E-state index in [-0.39, 0.29) is 11.9 Å². The largest absolute Gasteiger partial charge is 0.334 e. The van der Waals surface area contributed by atoms with Crippen molar-refractivity contribution in [3.8, 4) is 0 Å². The lowest BCUT2D eigenvalue weighted by molar-refractivity contribution is -0.133. The number of amides is 1. The van der Waals surface area contributed by atoms with Gasteiger partial charge >= 0.3 is 0 Å². The number of carbonyl (C=O) groups is 1. The van der Waals surface area contributed by atoms with E-state index in [0.29, 0.717) is 0 Å². The first kappa shape index (κ1) is 12.8. The second kappa shape index (κ2) is 5.45. The summed E-state index contributed by atoms with van der Waals surface area (Å²) in [7, 11) is 0. The zero-order valence-corrected chi connectivity index (χ0v) is 12.1. The van der Waals surface area contributed by atoms with E-state index in [9.17, 15) is 4.79 Å². The van der Waals surface area contributed by atoms with Crippen LogP contribution in [0, 0.1) is 0 Å². The van der Waals surface area contributed by atoms with Crippen LogP contribution in [0.25, 0.3) is 0 Å². The smallest absolute Gasteiger partial charge is 0.245 e. The van der Waals surface area contributed by atoms with Gasteiger partial charge < -0.3 is 10.6 Å². The molecule has 2 unspecified atom stereocenters. The molecular weight excluding hydrogens is 276 g/mol. The van der Waals surface area contributed by atoms with Gasteiger partial charge in [-0.2, -0.15) is 11.3 Å². The minimum Gasteiger partial charge on any atom is -0.334 e. The van der Waals surface area contributed by atoms with Crippen LogP contribution < -0.4 is 5.73 Å². The first-order chi connectivity index (χ1) is 9.27. The van der Waals surface area contributed by atoms with E-state index in [4.69, 9.17) is 5.73 Å². The molecule has 0 radical (unpaired) electrons. The number of rotatable bonds is 3. The Labute approximate surface area is 120 Å². The van der Waals surface area contributed by atoms with Gasteiger partial charge in [-0.15, -0.1) is 11.3 Å². The van der Waals surface area contributed by atoms with Crippen molar-refractivity contribution in [3.63, 3.8) is 0 Å². The lowest BCUT2D eigenvalue weighted by Crippen LogP contribution is -2.37. The van der Waals surface area contributed by atoms with Gasteiger partial charge in [0.2, 0.25) is 5.91 Å². The Morgan fingerprint density at radius 2 is 2.32 bits per heavy atom. The van der Waals surface area contributed by atoms with Crippen molar-refractivity contribution >= 4 is 28.6 Å². The summed E-state index contributed by atoms with van der Waals surface area (Å²) >= 11 is 3.23. The summed E-state index contributed by atoms with van der Waals surface area (Å²) in [4.78, 5) is 15.5. The van der Waals surface area contributed by atoms with Crippen molar-refractivity contribution in [2.45, 2.75) is 24.9 Å². The van der Waals surface area contributed by atoms with Crippen molar-refractivity contribution in [2.24, 2.45) is 5.73 Å². The standard InChI is InChI=1S/C14H16N2OS2/c15-13(12-4-2-7-19-12)14(17)16-6-1-3-11(16)10-5-8-18-9-10/h2,4-5,7-9,11,13H,1,3,6,15H2. The maximum Gasteiger partial charge on any atom is 0.245 e. The average Bonchev–Trinajstić information content (AvgIpc) is 3.15. The van der Waals surface area contributed by atoms with E-state index in [1.54, 1.807) is 22.7 Å². The molecule has 1 saturated heterocycles. The van der Waals surface area contributed by atoms with Crippen LogP contribution in [0.2, 0.25) is 0 Å². The fourth-order valence-corrected chi connectivity index (χ4v) is 4.04. The molecule has 3 heterocycles. The molecule has 2 aromatic heterocycles. The van der Waals surface area contributed by atoms with Gasteiger partial charge in [0.1, 0.15) is 6.04 Å². The molecule has 2 atom stereocenters. The molecule has 5 heteroatoms. The topological polar surface area (TPSA) is 46.3 Å². The quantitative estimate of drug-likeness (QED) is 0.944. The van der Waals surface area contributed by atoms with Crippen LogP contribution in [-0.4, -0.2) is 17.4 Å². The molecule has 2 aromatic rings. The van der Waals surface area contributed by atoms with Crippen LogP contribution in [-0.2, 0) is 4.79 Å². The predicted octanol–water partition coefficient (Wildman–Crippen LogP) is 3.17. The van der Waals surface area contributed by atoms with Crippen molar-refractivity contribution in [1.82, 2.24) is 4.90 Å². The highest BCUT2D eigenvalue weighted by molar-refractivity contribution is 7.10. The van der Waals surface area contributed by atoms with Crippen molar-refractivity contribution in [1.29, 1.82) is 0 Å². The number of likely N-dealkylation sites (tertiary alicyclic amines) is 1. The Hall–Kier alpha value is -1.17. The van der Waals surface area contributed by atoms with E-state index < -0.39 is 6.04 Å². The minimum atomic E-state index is -0.515. The first-order valence-electron chi connectivity index (χ1n) is 6.39. The maximum atomic E-state index is 12.6. The molecule has 0 aliphatic carbocycles. The van der Waals surface area contributed by atoms with E-state index >= 15 is 0 Å². The molecule has 0 bridgehead atoms. The Balaban J connectivity index is 1.79. The molecule has 1 fully saturated rings. The zero-order valence-electron chi connectivity index (χ0n) is 10.5. The Morgan fingerprint density at radius 3 is 3.00 bits per heavy atom. The van der Waals surface area contributed by atoms with Crippen LogP contribution >= 0.6 is 22.7 Å². The number of nitrogens with zero attached hydrogens (tertiary/aromatic N) is 1. The zero-order chi connectivity index (χ0) is 13.2. The summed E-state index contributed by atoms with van der Waals surface area (Å²) in [6.45, 7) is 0.818. The molecule has 0 spiro atoms. The van der Waals surface area contributed by atoms with E-state index in [0.717, 1.165) is 24.3 Å². The Kier molecular flexibility index (Phi) is 3.68. The summed E-state index contributed by atoms with van der Waals surface area (Å²) in [5, 5.41) is 6.16. The summed E-state index contributed by atoms with van der Waals surface area (Å²) in [5.74, 6) is 0.0520. The molecule has 3 nitrogen and oxygen atoms in total. The molecule has 1 aliphatic rings. The van der Waals surface area contributed by atoms with Gasteiger partial charge in [0.05, 0.1) is 6.04 Å². The van der Waals surface area contributed by atoms with Crippen LogP contribution in [0.3, 0.4) is 0 Å². The molecule has 2 N–H and O–H groups in total. The molecule has 100 valence electrons. The Morgan fingerprint density at radius 1 is 1.42 bits per heavy atom. The molecule has 0 aromatic carbocycles. The second-order valence-corrected chi connectivity index (χ2v) is 6.50. The summed E-state index contributed by atoms with van der Waals surface area (Å²) in [6.07, 6.45) is 2.10. The van der Waals surface area contributed by atoms with Crippen LogP contribution in [0.5, 0.6) is 0 Å². The average molecular weight is 292 g/mol. The molecule has 0 saturated carbocycles. The highest BCUT2D eigenvalue weighted by Gasteiger charge is 2.33. The van der Waals surface area contributed by atoms with E-state index in [2.05, 4.69) is 16.8 Å². The maximum absolute atomic E-state index is 12.6. The molecule has 3 rings (SSSR count). The van der Waals surface area contributed by atoms with Crippen molar-refractivity contribution in [2.75, 3.05) is 6.54 Å². The van der Waals surface area contributed by atoms with Gasteiger partial charge in [-0.1, -0.05) is 6.07 Å². The minimum absolute atomic E-state index is 0.0520. The van der Waals surface area contributed by atoms with Crippen LogP contribution in [0.1, 0.15) is 35.4 Å². The first-order valence-corrected chi connectivity index (χ1v) is 8.21. The lowest BCUT2D eigenvalue weighted by Gasteiger charge is -2.26. The van der Waals surface area contributed by atoms with Gasteiger partial charge in [0.25, 0.3) is 0 Å². The summed E-state index contributed by atoms with van der Waals surface area (Å²) in [6, 6.07) is 5.68. The normalized spacial score (nSPS) is 20.7. The van der Waals surface area contributed by atoms with E-state index in [1.807, 2.05) is 22.4 Å². The Bertz CT molecular complexity index is 536. The van der Waals surface area contributed by atoms with Crippen molar-refractivity contribution < 1.29 is 4.79 Å². The number of nitrogens with two attached hydrogens (primary N) is 1. The number of hydrogen-bond acceptors (Lipinski definition) is 4. The highest BCUT2D eigenvalue weighted by atomic mass is 32.1. The second-order valence-electron chi connectivity index (χ2n) is 4.74. The third kappa shape index (κ3) is 2.45. The summed E-state index contributed by atoms with van der Waals surface area (Å²) < 4.78 is 0. The fraction of sp³-hybridized carbons (Fsp3) is 0.357. The van der Waals surface area contributed by atoms with Crippen LogP contribution in [0.15, 0.2) is 34.3 Å². The number of thiophene rings is 2. The molecular formula is C14H16N2OS2. The third-order valence-electron chi connectivity index (χ3n) is 3.58. The SMILES string of the molecule is NC(C(=O)N1CCCC1c1ccsc1)c1cccs1. The molecule has 1 amide bonds.